The predicted octanol–water partition coefficient (Wildman–Crippen LogP) is 3.22. The molecular formula is C16H23BrN2O. The summed E-state index contributed by atoms with van der Waals surface area (Å²) >= 11 is 3.49. The minimum Gasteiger partial charge on any atom is -0.352 e. The van der Waals surface area contributed by atoms with Crippen molar-refractivity contribution in [3.8, 4) is 0 Å². The van der Waals surface area contributed by atoms with Crippen molar-refractivity contribution in [2.45, 2.75) is 33.2 Å². The summed E-state index contributed by atoms with van der Waals surface area (Å²) in [5.74, 6) is 0.591. The number of halogens is 1. The van der Waals surface area contributed by atoms with Gasteiger partial charge in [-0.25, -0.2) is 0 Å². The topological polar surface area (TPSA) is 32.3 Å². The molecule has 20 heavy (non-hydrogen) atoms. The number of aryl methyl sites for hydroxylation is 1. The summed E-state index contributed by atoms with van der Waals surface area (Å²) in [5.41, 5.74) is 1.81. The molecule has 1 aromatic carbocycles. The van der Waals surface area contributed by atoms with Crippen LogP contribution >= 0.6 is 15.9 Å². The van der Waals surface area contributed by atoms with Crippen LogP contribution in [-0.2, 0) is 0 Å². The number of nitrogens with one attached hydrogen (secondary N) is 1. The molecule has 1 amide bonds. The van der Waals surface area contributed by atoms with Gasteiger partial charge in [-0.15, -0.1) is 0 Å². The Morgan fingerprint density at radius 2 is 2.25 bits per heavy atom. The van der Waals surface area contributed by atoms with Crippen LogP contribution in [0.2, 0.25) is 0 Å². The lowest BCUT2D eigenvalue weighted by Crippen LogP contribution is -2.33. The molecule has 1 aromatic rings. The molecule has 0 radical (unpaired) electrons. The average molecular weight is 339 g/mol. The van der Waals surface area contributed by atoms with E-state index in [1.54, 1.807) is 0 Å². The van der Waals surface area contributed by atoms with Gasteiger partial charge < -0.3 is 10.2 Å². The minimum absolute atomic E-state index is 0.0172. The molecule has 1 fully saturated rings. The maximum Gasteiger partial charge on any atom is 0.252 e. The third-order valence-corrected chi connectivity index (χ3v) is 5.09. The van der Waals surface area contributed by atoms with Crippen LogP contribution in [0.3, 0.4) is 0 Å². The third kappa shape index (κ3) is 3.61. The molecule has 1 N–H and O–H groups in total. The first-order valence-electron chi connectivity index (χ1n) is 7.26. The Bertz CT molecular complexity index is 487. The Balaban J connectivity index is 1.89. The first-order chi connectivity index (χ1) is 9.49. The van der Waals surface area contributed by atoms with Gasteiger partial charge in [0.1, 0.15) is 0 Å². The SMILES string of the molecule is Cc1cccc(C(=O)NCC2CCN(C(C)C)C2)c1Br. The highest BCUT2D eigenvalue weighted by Gasteiger charge is 2.24. The Hall–Kier alpha value is -0.870. The number of hydrogen-bond donors (Lipinski definition) is 1. The lowest BCUT2D eigenvalue weighted by molar-refractivity contribution is 0.0946. The molecule has 0 aromatic heterocycles. The zero-order chi connectivity index (χ0) is 14.7. The van der Waals surface area contributed by atoms with Crippen LogP contribution in [0.1, 0.15) is 36.2 Å². The second-order valence-corrected chi connectivity index (χ2v) is 6.68. The van der Waals surface area contributed by atoms with Gasteiger partial charge >= 0.3 is 0 Å². The lowest BCUT2D eigenvalue weighted by Gasteiger charge is -2.20. The molecule has 1 atom stereocenters. The van der Waals surface area contributed by atoms with E-state index in [-0.39, 0.29) is 5.91 Å². The van der Waals surface area contributed by atoms with Gasteiger partial charge in [-0.1, -0.05) is 12.1 Å². The average Bonchev–Trinajstić information content (AvgIpc) is 2.88. The van der Waals surface area contributed by atoms with Crippen molar-refractivity contribution in [1.29, 1.82) is 0 Å². The summed E-state index contributed by atoms with van der Waals surface area (Å²) in [5, 5.41) is 3.07. The molecule has 0 saturated carbocycles. The monoisotopic (exact) mass is 338 g/mol. The van der Waals surface area contributed by atoms with Gasteiger partial charge in [-0.3, -0.25) is 4.79 Å². The summed E-state index contributed by atoms with van der Waals surface area (Å²) in [6.07, 6.45) is 1.17. The standard InChI is InChI=1S/C16H23BrN2O/c1-11(2)19-8-7-13(10-19)9-18-16(20)14-6-4-5-12(3)15(14)17/h4-6,11,13H,7-10H2,1-3H3,(H,18,20). The van der Waals surface area contributed by atoms with Gasteiger partial charge in [-0.2, -0.15) is 0 Å². The molecule has 0 bridgehead atoms. The quantitative estimate of drug-likeness (QED) is 0.914. The normalized spacial score (nSPS) is 19.6. The van der Waals surface area contributed by atoms with E-state index in [0.717, 1.165) is 35.2 Å². The van der Waals surface area contributed by atoms with Gasteiger partial charge in [0.15, 0.2) is 0 Å². The van der Waals surface area contributed by atoms with E-state index in [4.69, 9.17) is 0 Å². The minimum atomic E-state index is 0.0172. The van der Waals surface area contributed by atoms with E-state index in [0.29, 0.717) is 12.0 Å². The molecule has 0 aliphatic carbocycles. The predicted molar refractivity (Wildman–Crippen MR) is 86.0 cm³/mol. The highest BCUT2D eigenvalue weighted by Crippen LogP contribution is 2.21. The summed E-state index contributed by atoms with van der Waals surface area (Å²) in [6, 6.07) is 6.38. The summed E-state index contributed by atoms with van der Waals surface area (Å²) in [4.78, 5) is 14.7. The van der Waals surface area contributed by atoms with Crippen LogP contribution in [0.15, 0.2) is 22.7 Å². The summed E-state index contributed by atoms with van der Waals surface area (Å²) < 4.78 is 0.896. The van der Waals surface area contributed by atoms with Crippen LogP contribution < -0.4 is 5.32 Å². The van der Waals surface area contributed by atoms with Crippen LogP contribution in [0.25, 0.3) is 0 Å². The van der Waals surface area contributed by atoms with E-state index in [1.165, 1.54) is 6.42 Å². The molecule has 1 aliphatic rings. The van der Waals surface area contributed by atoms with E-state index in [2.05, 4.69) is 40.0 Å². The third-order valence-electron chi connectivity index (χ3n) is 4.04. The van der Waals surface area contributed by atoms with Crippen LogP contribution in [0.5, 0.6) is 0 Å². The first kappa shape index (κ1) is 15.5. The maximum absolute atomic E-state index is 12.2. The zero-order valence-electron chi connectivity index (χ0n) is 12.4. The molecular weight excluding hydrogens is 316 g/mol. The van der Waals surface area contributed by atoms with Gasteiger partial charge in [0.05, 0.1) is 5.56 Å². The van der Waals surface area contributed by atoms with E-state index >= 15 is 0 Å². The number of likely N-dealkylation sites (tertiary alicyclic amines) is 1. The van der Waals surface area contributed by atoms with E-state index in [9.17, 15) is 4.79 Å². The molecule has 0 spiro atoms. The van der Waals surface area contributed by atoms with Gasteiger partial charge in [0.25, 0.3) is 5.91 Å². The molecule has 3 nitrogen and oxygen atoms in total. The fourth-order valence-electron chi connectivity index (χ4n) is 2.65. The number of carbonyl (C=O) groups is 1. The zero-order valence-corrected chi connectivity index (χ0v) is 14.0. The number of nitrogens with zero attached hydrogens (tertiary/aromatic N) is 1. The molecule has 1 saturated heterocycles. The molecule has 110 valence electrons. The Kier molecular flexibility index (Phi) is 5.22. The number of rotatable bonds is 4. The van der Waals surface area contributed by atoms with Crippen molar-refractivity contribution in [1.82, 2.24) is 10.2 Å². The Morgan fingerprint density at radius 3 is 2.90 bits per heavy atom. The smallest absolute Gasteiger partial charge is 0.252 e. The highest BCUT2D eigenvalue weighted by atomic mass is 79.9. The molecule has 2 rings (SSSR count). The van der Waals surface area contributed by atoms with Gasteiger partial charge in [0.2, 0.25) is 0 Å². The van der Waals surface area contributed by atoms with Crippen LogP contribution in [0, 0.1) is 12.8 Å². The highest BCUT2D eigenvalue weighted by molar-refractivity contribution is 9.10. The van der Waals surface area contributed by atoms with E-state index in [1.807, 2.05) is 25.1 Å². The summed E-state index contributed by atoms with van der Waals surface area (Å²) in [7, 11) is 0. The second kappa shape index (κ2) is 6.72. The van der Waals surface area contributed by atoms with Crippen LogP contribution in [-0.4, -0.2) is 36.5 Å². The van der Waals surface area contributed by atoms with Crippen LogP contribution in [0.4, 0.5) is 0 Å². The van der Waals surface area contributed by atoms with Crippen molar-refractivity contribution < 1.29 is 4.79 Å². The summed E-state index contributed by atoms with van der Waals surface area (Å²) in [6.45, 7) is 9.45. The number of hydrogen-bond acceptors (Lipinski definition) is 2. The van der Waals surface area contributed by atoms with Crippen molar-refractivity contribution in [3.05, 3.63) is 33.8 Å². The number of amides is 1. The van der Waals surface area contributed by atoms with Gasteiger partial charge in [-0.05, 0) is 67.2 Å². The molecule has 1 unspecified atom stereocenters. The Labute approximate surface area is 129 Å². The number of carbonyl (C=O) groups excluding carboxylic acids is 1. The first-order valence-corrected chi connectivity index (χ1v) is 8.05. The fraction of sp³-hybridized carbons (Fsp3) is 0.562. The van der Waals surface area contributed by atoms with Crippen molar-refractivity contribution >= 4 is 21.8 Å². The maximum atomic E-state index is 12.2. The lowest BCUT2D eigenvalue weighted by atomic mass is 10.1. The second-order valence-electron chi connectivity index (χ2n) is 5.89. The number of benzene rings is 1. The molecule has 4 heteroatoms. The van der Waals surface area contributed by atoms with E-state index < -0.39 is 0 Å². The largest absolute Gasteiger partial charge is 0.352 e. The Morgan fingerprint density at radius 1 is 1.50 bits per heavy atom. The van der Waals surface area contributed by atoms with Crippen molar-refractivity contribution in [2.75, 3.05) is 19.6 Å². The molecule has 1 heterocycles. The fourth-order valence-corrected chi connectivity index (χ4v) is 3.10. The van der Waals surface area contributed by atoms with Gasteiger partial charge in [0, 0.05) is 23.6 Å². The van der Waals surface area contributed by atoms with Crippen molar-refractivity contribution in [2.24, 2.45) is 5.92 Å². The molecule has 1 aliphatic heterocycles. The van der Waals surface area contributed by atoms with Crippen molar-refractivity contribution in [3.63, 3.8) is 0 Å².